The molecule has 0 amide bonds. The highest BCUT2D eigenvalue weighted by Crippen LogP contribution is 2.52. The molecule has 1 unspecified atom stereocenters. The first kappa shape index (κ1) is 20.3. The van der Waals surface area contributed by atoms with Gasteiger partial charge in [0.2, 0.25) is 0 Å². The number of carbonyl (C=O) groups is 1. The average Bonchev–Trinajstić information content (AvgIpc) is 2.97. The maximum Gasteiger partial charge on any atom is 0.310 e. The van der Waals surface area contributed by atoms with Gasteiger partial charge in [0.15, 0.2) is 12.6 Å². The van der Waals surface area contributed by atoms with Crippen LogP contribution in [0.4, 0.5) is 0 Å². The number of hydrogen-bond donors (Lipinski definition) is 1. The van der Waals surface area contributed by atoms with E-state index in [4.69, 9.17) is 14.2 Å². The van der Waals surface area contributed by atoms with E-state index < -0.39 is 24.5 Å². The molecule has 27 heavy (non-hydrogen) atoms. The molecule has 0 radical (unpaired) electrons. The van der Waals surface area contributed by atoms with E-state index in [-0.39, 0.29) is 10.8 Å². The number of ether oxygens (including phenoxy) is 3. The highest BCUT2D eigenvalue weighted by atomic mass is 16.8. The second-order valence-electron chi connectivity index (χ2n) is 9.12. The number of fused-ring (bicyclic) bond motifs is 1. The standard InChI is InChI=1S/C22H32O5/c1-13(18(23)24)16-15(22(4)11-7-10-21(2,3)12-22)9-8-14-17(16)20(26-6)27-19(14)25-5/h8-9,13,19-20H,7,10-12H2,1-6H3,(H,23,24)/t13?,19-,20+,22-/m0/s1. The molecule has 1 aliphatic carbocycles. The van der Waals surface area contributed by atoms with E-state index in [9.17, 15) is 9.90 Å². The van der Waals surface area contributed by atoms with E-state index in [0.717, 1.165) is 41.5 Å². The summed E-state index contributed by atoms with van der Waals surface area (Å²) in [5, 5.41) is 9.85. The summed E-state index contributed by atoms with van der Waals surface area (Å²) in [7, 11) is 3.17. The fraction of sp³-hybridized carbons (Fsp3) is 0.682. The molecule has 1 heterocycles. The van der Waals surface area contributed by atoms with Crippen molar-refractivity contribution < 1.29 is 24.1 Å². The van der Waals surface area contributed by atoms with Crippen molar-refractivity contribution in [2.45, 2.75) is 77.3 Å². The molecule has 150 valence electrons. The first-order valence-electron chi connectivity index (χ1n) is 9.74. The Kier molecular flexibility index (Phi) is 5.41. The summed E-state index contributed by atoms with van der Waals surface area (Å²) in [4.78, 5) is 12.0. The van der Waals surface area contributed by atoms with Crippen molar-refractivity contribution in [3.63, 3.8) is 0 Å². The Bertz CT molecular complexity index is 726. The lowest BCUT2D eigenvalue weighted by molar-refractivity contribution is -0.217. The van der Waals surface area contributed by atoms with Gasteiger partial charge in [-0.2, -0.15) is 0 Å². The average molecular weight is 376 g/mol. The van der Waals surface area contributed by atoms with Crippen LogP contribution in [0.2, 0.25) is 0 Å². The van der Waals surface area contributed by atoms with Gasteiger partial charge in [0.05, 0.1) is 5.92 Å². The second-order valence-corrected chi connectivity index (χ2v) is 9.12. The van der Waals surface area contributed by atoms with Crippen LogP contribution in [0.1, 0.15) is 94.1 Å². The molecule has 1 aliphatic heterocycles. The minimum absolute atomic E-state index is 0.0702. The fourth-order valence-corrected chi connectivity index (χ4v) is 5.27. The Balaban J connectivity index is 2.22. The molecule has 1 fully saturated rings. The van der Waals surface area contributed by atoms with Gasteiger partial charge in [-0.1, -0.05) is 39.3 Å². The van der Waals surface area contributed by atoms with Crippen molar-refractivity contribution in [2.24, 2.45) is 5.41 Å². The molecule has 2 aliphatic rings. The largest absolute Gasteiger partial charge is 0.481 e. The number of methoxy groups -OCH3 is 2. The molecule has 3 rings (SSSR count). The van der Waals surface area contributed by atoms with Crippen molar-refractivity contribution in [1.82, 2.24) is 0 Å². The third-order valence-corrected chi connectivity index (χ3v) is 6.39. The number of carboxylic acid groups (broad SMARTS) is 1. The van der Waals surface area contributed by atoms with Crippen LogP contribution in [-0.2, 0) is 24.4 Å². The van der Waals surface area contributed by atoms with E-state index in [2.05, 4.69) is 26.8 Å². The Morgan fingerprint density at radius 2 is 1.85 bits per heavy atom. The Hall–Kier alpha value is -1.43. The Morgan fingerprint density at radius 3 is 2.41 bits per heavy atom. The van der Waals surface area contributed by atoms with E-state index in [1.54, 1.807) is 21.1 Å². The third-order valence-electron chi connectivity index (χ3n) is 6.39. The quantitative estimate of drug-likeness (QED) is 0.779. The first-order chi connectivity index (χ1) is 12.6. The van der Waals surface area contributed by atoms with Crippen LogP contribution >= 0.6 is 0 Å². The van der Waals surface area contributed by atoms with Gasteiger partial charge >= 0.3 is 5.97 Å². The third kappa shape index (κ3) is 3.53. The van der Waals surface area contributed by atoms with Crippen LogP contribution in [0.25, 0.3) is 0 Å². The molecule has 1 N–H and O–H groups in total. The molecule has 0 bridgehead atoms. The van der Waals surface area contributed by atoms with Gasteiger partial charge in [-0.25, -0.2) is 0 Å². The lowest BCUT2D eigenvalue weighted by atomic mass is 9.60. The van der Waals surface area contributed by atoms with Crippen LogP contribution < -0.4 is 0 Å². The molecule has 1 aromatic carbocycles. The van der Waals surface area contributed by atoms with Crippen molar-refractivity contribution in [3.8, 4) is 0 Å². The monoisotopic (exact) mass is 376 g/mol. The van der Waals surface area contributed by atoms with Gasteiger partial charge in [-0.3, -0.25) is 4.79 Å². The van der Waals surface area contributed by atoms with E-state index in [0.29, 0.717) is 0 Å². The van der Waals surface area contributed by atoms with Gasteiger partial charge in [-0.05, 0) is 48.1 Å². The molecule has 4 atom stereocenters. The highest BCUT2D eigenvalue weighted by molar-refractivity contribution is 5.77. The summed E-state index contributed by atoms with van der Waals surface area (Å²) in [6.07, 6.45) is 3.29. The molecule has 5 heteroatoms. The van der Waals surface area contributed by atoms with Crippen molar-refractivity contribution in [2.75, 3.05) is 14.2 Å². The van der Waals surface area contributed by atoms with E-state index in [1.165, 1.54) is 6.42 Å². The zero-order chi connectivity index (χ0) is 20.0. The number of carboxylic acids is 1. The SMILES string of the molecule is CO[C@H]1O[C@@H](OC)c2c1ccc([C@@]1(C)CCCC(C)(C)C1)c2C(C)C(=O)O. The second kappa shape index (κ2) is 7.19. The van der Waals surface area contributed by atoms with Gasteiger partial charge in [0, 0.05) is 25.3 Å². The van der Waals surface area contributed by atoms with Crippen molar-refractivity contribution >= 4 is 5.97 Å². The zero-order valence-corrected chi connectivity index (χ0v) is 17.3. The summed E-state index contributed by atoms with van der Waals surface area (Å²) in [5.41, 5.74) is 3.83. The minimum Gasteiger partial charge on any atom is -0.481 e. The van der Waals surface area contributed by atoms with E-state index >= 15 is 0 Å². The highest BCUT2D eigenvalue weighted by Gasteiger charge is 2.44. The van der Waals surface area contributed by atoms with Crippen molar-refractivity contribution in [3.05, 3.63) is 34.4 Å². The first-order valence-corrected chi connectivity index (χ1v) is 9.74. The summed E-state index contributed by atoms with van der Waals surface area (Å²) in [5.74, 6) is -1.48. The number of aliphatic carboxylic acids is 1. The number of rotatable bonds is 5. The molecular formula is C22H32O5. The van der Waals surface area contributed by atoms with Crippen LogP contribution in [-0.4, -0.2) is 25.3 Å². The van der Waals surface area contributed by atoms with Gasteiger partial charge in [0.1, 0.15) is 0 Å². The molecule has 5 nitrogen and oxygen atoms in total. The van der Waals surface area contributed by atoms with E-state index in [1.807, 2.05) is 6.07 Å². The Morgan fingerprint density at radius 1 is 1.19 bits per heavy atom. The fourth-order valence-electron chi connectivity index (χ4n) is 5.27. The van der Waals surface area contributed by atoms with Gasteiger partial charge in [-0.15, -0.1) is 0 Å². The van der Waals surface area contributed by atoms with Gasteiger partial charge < -0.3 is 19.3 Å². The number of benzene rings is 1. The summed E-state index contributed by atoms with van der Waals surface area (Å²) in [6, 6.07) is 4.13. The number of hydrogen-bond acceptors (Lipinski definition) is 4. The Labute approximate surface area is 162 Å². The van der Waals surface area contributed by atoms with Gasteiger partial charge in [0.25, 0.3) is 0 Å². The molecule has 0 spiro atoms. The zero-order valence-electron chi connectivity index (χ0n) is 17.3. The molecule has 0 aromatic heterocycles. The van der Waals surface area contributed by atoms with Crippen LogP contribution in [0.3, 0.4) is 0 Å². The normalized spacial score (nSPS) is 30.7. The van der Waals surface area contributed by atoms with Crippen LogP contribution in [0.5, 0.6) is 0 Å². The molecular weight excluding hydrogens is 344 g/mol. The van der Waals surface area contributed by atoms with Crippen molar-refractivity contribution in [1.29, 1.82) is 0 Å². The topological polar surface area (TPSA) is 65.0 Å². The summed E-state index contributed by atoms with van der Waals surface area (Å²) in [6.45, 7) is 8.64. The predicted octanol–water partition coefficient (Wildman–Crippen LogP) is 5.05. The lowest BCUT2D eigenvalue weighted by Gasteiger charge is -2.44. The predicted molar refractivity (Wildman–Crippen MR) is 103 cm³/mol. The lowest BCUT2D eigenvalue weighted by Crippen LogP contribution is -2.36. The smallest absolute Gasteiger partial charge is 0.310 e. The summed E-state index contributed by atoms with van der Waals surface area (Å²) < 4.78 is 16.9. The summed E-state index contributed by atoms with van der Waals surface area (Å²) >= 11 is 0. The maximum absolute atomic E-state index is 12.0. The maximum atomic E-state index is 12.0. The van der Waals surface area contributed by atoms with Crippen LogP contribution in [0.15, 0.2) is 12.1 Å². The molecule has 0 saturated heterocycles. The molecule has 1 aromatic rings. The molecule has 1 saturated carbocycles. The minimum atomic E-state index is -0.834. The van der Waals surface area contributed by atoms with Crippen LogP contribution in [0, 0.1) is 5.41 Å².